The topological polar surface area (TPSA) is 26.2 Å². The van der Waals surface area contributed by atoms with Crippen molar-refractivity contribution < 1.29 is 4.74 Å². The lowest BCUT2D eigenvalue weighted by Crippen LogP contribution is -2.17. The first kappa shape index (κ1) is 13.2. The molecule has 1 aromatic heterocycles. The van der Waals surface area contributed by atoms with Crippen molar-refractivity contribution in [1.82, 2.24) is 9.88 Å². The summed E-state index contributed by atoms with van der Waals surface area (Å²) >= 11 is 0. The van der Waals surface area contributed by atoms with Crippen LogP contribution in [0.25, 0.3) is 0 Å². The molecule has 1 saturated heterocycles. The molecule has 3 nitrogen and oxygen atoms in total. The van der Waals surface area contributed by atoms with Gasteiger partial charge in [-0.2, -0.15) is 0 Å². The minimum Gasteiger partial charge on any atom is -0.373 e. The summed E-state index contributed by atoms with van der Waals surface area (Å²) in [5, 5.41) is 3.47. The van der Waals surface area contributed by atoms with Crippen LogP contribution in [0.1, 0.15) is 56.2 Å². The molecule has 0 amide bonds. The number of aromatic nitrogens is 1. The van der Waals surface area contributed by atoms with Crippen molar-refractivity contribution in [1.29, 1.82) is 0 Å². The number of fused-ring (bicyclic) bond motifs is 1. The Bertz CT molecular complexity index is 426. The van der Waals surface area contributed by atoms with E-state index in [0.717, 1.165) is 6.54 Å². The van der Waals surface area contributed by atoms with Crippen LogP contribution in [-0.2, 0) is 17.7 Å². The summed E-state index contributed by atoms with van der Waals surface area (Å²) in [6, 6.07) is 0.544. The van der Waals surface area contributed by atoms with Gasteiger partial charge in [-0.15, -0.1) is 0 Å². The second kappa shape index (κ2) is 5.68. The maximum absolute atomic E-state index is 5.94. The van der Waals surface area contributed by atoms with Gasteiger partial charge in [-0.25, -0.2) is 0 Å². The van der Waals surface area contributed by atoms with Gasteiger partial charge in [-0.3, -0.25) is 0 Å². The van der Waals surface area contributed by atoms with E-state index in [-0.39, 0.29) is 0 Å². The van der Waals surface area contributed by atoms with Crippen LogP contribution in [0.4, 0.5) is 0 Å². The van der Waals surface area contributed by atoms with Crippen LogP contribution in [0.15, 0.2) is 12.4 Å². The zero-order chi connectivity index (χ0) is 13.2. The molecule has 0 radical (unpaired) electrons. The molecule has 0 saturated carbocycles. The third kappa shape index (κ3) is 2.87. The Morgan fingerprint density at radius 3 is 2.89 bits per heavy atom. The lowest BCUT2D eigenvalue weighted by Gasteiger charge is -2.14. The Morgan fingerprint density at radius 2 is 2.16 bits per heavy atom. The van der Waals surface area contributed by atoms with Gasteiger partial charge in [0.2, 0.25) is 0 Å². The summed E-state index contributed by atoms with van der Waals surface area (Å²) in [4.78, 5) is 0. The first-order valence-corrected chi connectivity index (χ1v) is 7.77. The molecule has 2 aliphatic rings. The Kier molecular flexibility index (Phi) is 3.94. The summed E-state index contributed by atoms with van der Waals surface area (Å²) in [5.41, 5.74) is 3.06. The fraction of sp³-hybridized carbons (Fsp3) is 0.750. The zero-order valence-corrected chi connectivity index (χ0v) is 12.2. The summed E-state index contributed by atoms with van der Waals surface area (Å²) in [5.74, 6) is 0. The third-order valence-corrected chi connectivity index (χ3v) is 4.64. The predicted molar refractivity (Wildman–Crippen MR) is 77.4 cm³/mol. The molecule has 2 heterocycles. The molecule has 3 atom stereocenters. The molecule has 0 aromatic carbocycles. The van der Waals surface area contributed by atoms with Crippen molar-refractivity contribution in [3.63, 3.8) is 0 Å². The van der Waals surface area contributed by atoms with Crippen molar-refractivity contribution >= 4 is 0 Å². The van der Waals surface area contributed by atoms with Gasteiger partial charge in [0.25, 0.3) is 0 Å². The molecule has 1 aromatic rings. The van der Waals surface area contributed by atoms with E-state index in [0.29, 0.717) is 18.2 Å². The van der Waals surface area contributed by atoms with Crippen LogP contribution in [0.3, 0.4) is 0 Å². The van der Waals surface area contributed by atoms with Gasteiger partial charge in [0.15, 0.2) is 0 Å². The van der Waals surface area contributed by atoms with Crippen LogP contribution in [0.2, 0.25) is 0 Å². The summed E-state index contributed by atoms with van der Waals surface area (Å²) in [6.45, 7) is 3.20. The lowest BCUT2D eigenvalue weighted by molar-refractivity contribution is 0.0458. The molecule has 0 spiro atoms. The van der Waals surface area contributed by atoms with Gasteiger partial charge in [-0.1, -0.05) is 6.42 Å². The molecule has 1 aliphatic carbocycles. The highest BCUT2D eigenvalue weighted by Crippen LogP contribution is 2.30. The van der Waals surface area contributed by atoms with Crippen LogP contribution < -0.4 is 5.32 Å². The predicted octanol–water partition coefficient (Wildman–Crippen LogP) is 3.04. The molecule has 1 N–H and O–H groups in total. The van der Waals surface area contributed by atoms with Gasteiger partial charge < -0.3 is 14.6 Å². The molecule has 3 rings (SSSR count). The first-order chi connectivity index (χ1) is 9.26. The molecule has 19 heavy (non-hydrogen) atoms. The number of rotatable bonds is 3. The first-order valence-electron chi connectivity index (χ1n) is 7.77. The van der Waals surface area contributed by atoms with Crippen LogP contribution in [0, 0.1) is 0 Å². The highest BCUT2D eigenvalue weighted by atomic mass is 16.5. The average molecular weight is 262 g/mol. The molecule has 3 unspecified atom stereocenters. The zero-order valence-electron chi connectivity index (χ0n) is 12.2. The molecular formula is C16H26N2O. The lowest BCUT2D eigenvalue weighted by atomic mass is 10.1. The van der Waals surface area contributed by atoms with Crippen molar-refractivity contribution in [2.75, 3.05) is 7.05 Å². The monoisotopic (exact) mass is 262 g/mol. The van der Waals surface area contributed by atoms with E-state index in [2.05, 4.69) is 36.2 Å². The van der Waals surface area contributed by atoms with Crippen molar-refractivity contribution in [3.05, 3.63) is 23.5 Å². The van der Waals surface area contributed by atoms with Gasteiger partial charge >= 0.3 is 0 Å². The molecule has 1 fully saturated rings. The molecule has 1 aliphatic heterocycles. The molecule has 0 bridgehead atoms. The van der Waals surface area contributed by atoms with Crippen LogP contribution >= 0.6 is 0 Å². The van der Waals surface area contributed by atoms with E-state index in [1.807, 2.05) is 0 Å². The van der Waals surface area contributed by atoms with Gasteiger partial charge in [0, 0.05) is 25.0 Å². The molecule has 106 valence electrons. The van der Waals surface area contributed by atoms with Crippen LogP contribution in [0.5, 0.6) is 0 Å². The Hall–Kier alpha value is -0.800. The third-order valence-electron chi connectivity index (χ3n) is 4.64. The van der Waals surface area contributed by atoms with Gasteiger partial charge in [-0.05, 0) is 57.2 Å². The number of nitrogens with zero attached hydrogens (tertiary/aromatic N) is 1. The standard InChI is InChI=1S/C16H26N2O/c1-12-7-8-14(19-12)10-18-9-13-5-3-4-6-16(17-2)15(13)11-18/h9,11-12,14,16-17H,3-8,10H2,1-2H3. The second-order valence-electron chi connectivity index (χ2n) is 6.17. The minimum absolute atomic E-state index is 0.416. The van der Waals surface area contributed by atoms with Gasteiger partial charge in [0.1, 0.15) is 0 Å². The average Bonchev–Trinajstić information content (AvgIpc) is 2.92. The van der Waals surface area contributed by atoms with Crippen molar-refractivity contribution in [2.45, 2.75) is 70.2 Å². The van der Waals surface area contributed by atoms with E-state index < -0.39 is 0 Å². The summed E-state index contributed by atoms with van der Waals surface area (Å²) in [6.07, 6.45) is 13.2. The van der Waals surface area contributed by atoms with Gasteiger partial charge in [0.05, 0.1) is 12.2 Å². The summed E-state index contributed by atoms with van der Waals surface area (Å²) < 4.78 is 8.30. The summed E-state index contributed by atoms with van der Waals surface area (Å²) in [7, 11) is 2.08. The fourth-order valence-corrected chi connectivity index (χ4v) is 3.58. The Labute approximate surface area is 116 Å². The van der Waals surface area contributed by atoms with E-state index in [9.17, 15) is 0 Å². The number of ether oxygens (including phenoxy) is 1. The maximum Gasteiger partial charge on any atom is 0.0758 e. The van der Waals surface area contributed by atoms with Crippen LogP contribution in [-0.4, -0.2) is 23.8 Å². The largest absolute Gasteiger partial charge is 0.373 e. The SMILES string of the molecule is CNC1CCCCc2cn(CC3CCC(C)O3)cc21. The van der Waals surface area contributed by atoms with Crippen molar-refractivity contribution in [3.8, 4) is 0 Å². The number of aryl methyl sites for hydroxylation is 1. The van der Waals surface area contributed by atoms with E-state index >= 15 is 0 Å². The minimum atomic E-state index is 0.416. The van der Waals surface area contributed by atoms with Crippen molar-refractivity contribution in [2.24, 2.45) is 0 Å². The highest BCUT2D eigenvalue weighted by Gasteiger charge is 2.24. The molecular weight excluding hydrogens is 236 g/mol. The normalized spacial score (nSPS) is 31.2. The second-order valence-corrected chi connectivity index (χ2v) is 6.17. The maximum atomic E-state index is 5.94. The number of hydrogen-bond donors (Lipinski definition) is 1. The smallest absolute Gasteiger partial charge is 0.0758 e. The number of hydrogen-bond acceptors (Lipinski definition) is 2. The number of nitrogens with one attached hydrogen (secondary N) is 1. The quantitative estimate of drug-likeness (QED) is 0.847. The fourth-order valence-electron chi connectivity index (χ4n) is 3.58. The van der Waals surface area contributed by atoms with E-state index in [1.54, 1.807) is 5.56 Å². The Morgan fingerprint density at radius 1 is 1.26 bits per heavy atom. The molecule has 3 heteroatoms. The van der Waals surface area contributed by atoms with E-state index in [1.165, 1.54) is 44.1 Å². The van der Waals surface area contributed by atoms with E-state index in [4.69, 9.17) is 4.74 Å². The highest BCUT2D eigenvalue weighted by molar-refractivity contribution is 5.29. The Balaban J connectivity index is 1.73.